The maximum atomic E-state index is 6.32. The van der Waals surface area contributed by atoms with E-state index in [9.17, 15) is 0 Å². The molecule has 4 heteroatoms. The molecule has 2 aliphatic heterocycles. The van der Waals surface area contributed by atoms with Crippen LogP contribution in [0, 0.1) is 0 Å². The van der Waals surface area contributed by atoms with Crippen LogP contribution in [-0.4, -0.2) is 11.3 Å². The van der Waals surface area contributed by atoms with Crippen molar-refractivity contribution in [2.24, 2.45) is 0 Å². The Morgan fingerprint density at radius 3 is 2.14 bits per heavy atom. The molecule has 3 heterocycles. The Kier molecular flexibility index (Phi) is 5.26. The molecule has 0 saturated carbocycles. The molecule has 210 valence electrons. The zero-order valence-electron chi connectivity index (χ0n) is 25.1. The molecule has 0 N–H and O–H groups in total. The highest BCUT2D eigenvalue weighted by Crippen LogP contribution is 2.46. The van der Waals surface area contributed by atoms with Crippen LogP contribution in [0.15, 0.2) is 133 Å². The van der Waals surface area contributed by atoms with Crippen molar-refractivity contribution in [3.8, 4) is 22.6 Å². The number of aromatic nitrogens is 1. The number of para-hydroxylation sites is 3. The standard InChI is InChI=1S/C40H31BN2O/c1-40(2,3)26-20-22-34-37(24-26)42(27-12-6-4-7-13-27)36-19-11-16-30-31-17-10-18-32-33-25-29(44-28-14-8-5-9-15-28)21-23-35(33)43(39(31)32)41(34)38(30)36/h4-25H,1-3H3. The predicted molar refractivity (Wildman–Crippen MR) is 185 cm³/mol. The van der Waals surface area contributed by atoms with Crippen LogP contribution in [-0.2, 0) is 5.41 Å². The average molecular weight is 567 g/mol. The van der Waals surface area contributed by atoms with E-state index in [0.29, 0.717) is 0 Å². The summed E-state index contributed by atoms with van der Waals surface area (Å²) < 4.78 is 8.91. The van der Waals surface area contributed by atoms with Gasteiger partial charge in [-0.15, -0.1) is 0 Å². The summed E-state index contributed by atoms with van der Waals surface area (Å²) in [4.78, 5) is 2.47. The molecule has 0 amide bonds. The fourth-order valence-corrected chi connectivity index (χ4v) is 7.37. The van der Waals surface area contributed by atoms with E-state index in [-0.39, 0.29) is 12.3 Å². The lowest BCUT2D eigenvalue weighted by atomic mass is 9.45. The lowest BCUT2D eigenvalue weighted by Crippen LogP contribution is -2.56. The first-order chi connectivity index (χ1) is 21.5. The normalized spacial score (nSPS) is 13.2. The molecule has 0 atom stereocenters. The van der Waals surface area contributed by atoms with E-state index >= 15 is 0 Å². The number of ether oxygens (including phenoxy) is 1. The molecular weight excluding hydrogens is 535 g/mol. The highest BCUT2D eigenvalue weighted by Gasteiger charge is 2.42. The summed E-state index contributed by atoms with van der Waals surface area (Å²) in [7, 11) is 0. The Bertz CT molecular complexity index is 2250. The number of fused-ring (bicyclic) bond motifs is 7. The lowest BCUT2D eigenvalue weighted by molar-refractivity contribution is 0.483. The van der Waals surface area contributed by atoms with Gasteiger partial charge in [-0.2, -0.15) is 0 Å². The molecule has 0 saturated heterocycles. The second kappa shape index (κ2) is 9.14. The van der Waals surface area contributed by atoms with Crippen LogP contribution in [0.4, 0.5) is 17.1 Å². The van der Waals surface area contributed by atoms with Crippen molar-refractivity contribution < 1.29 is 4.74 Å². The van der Waals surface area contributed by atoms with Gasteiger partial charge in [0.2, 0.25) is 0 Å². The molecule has 6 aromatic carbocycles. The van der Waals surface area contributed by atoms with E-state index in [0.717, 1.165) is 11.5 Å². The van der Waals surface area contributed by atoms with Crippen molar-refractivity contribution in [1.29, 1.82) is 0 Å². The first-order valence-corrected chi connectivity index (χ1v) is 15.4. The maximum Gasteiger partial charge on any atom is 0.333 e. The molecule has 3 nitrogen and oxygen atoms in total. The Labute approximate surface area is 258 Å². The molecule has 9 rings (SSSR count). The average Bonchev–Trinajstić information content (AvgIpc) is 3.37. The fraction of sp³-hybridized carbons (Fsp3) is 0.100. The third kappa shape index (κ3) is 3.58. The zero-order chi connectivity index (χ0) is 29.6. The van der Waals surface area contributed by atoms with Gasteiger partial charge >= 0.3 is 6.85 Å². The molecule has 44 heavy (non-hydrogen) atoms. The smallest absolute Gasteiger partial charge is 0.333 e. The van der Waals surface area contributed by atoms with Gasteiger partial charge in [0.1, 0.15) is 11.5 Å². The van der Waals surface area contributed by atoms with Crippen molar-refractivity contribution in [2.75, 3.05) is 4.90 Å². The third-order valence-corrected chi connectivity index (χ3v) is 9.37. The minimum Gasteiger partial charge on any atom is -0.457 e. The lowest BCUT2D eigenvalue weighted by Gasteiger charge is -2.41. The minimum atomic E-state index is 0.0290. The fourth-order valence-electron chi connectivity index (χ4n) is 7.37. The van der Waals surface area contributed by atoms with Crippen LogP contribution in [0.25, 0.3) is 32.9 Å². The third-order valence-electron chi connectivity index (χ3n) is 9.37. The van der Waals surface area contributed by atoms with E-state index in [2.05, 4.69) is 133 Å². The highest BCUT2D eigenvalue weighted by atomic mass is 16.5. The number of rotatable bonds is 3. The van der Waals surface area contributed by atoms with Gasteiger partial charge in [-0.05, 0) is 82.1 Å². The Hall–Kier alpha value is -5.22. The van der Waals surface area contributed by atoms with Gasteiger partial charge in [-0.25, -0.2) is 0 Å². The van der Waals surface area contributed by atoms with E-state index in [1.807, 2.05) is 30.3 Å². The van der Waals surface area contributed by atoms with E-state index in [4.69, 9.17) is 4.74 Å². The highest BCUT2D eigenvalue weighted by molar-refractivity contribution is 6.90. The van der Waals surface area contributed by atoms with Crippen LogP contribution < -0.4 is 20.6 Å². The van der Waals surface area contributed by atoms with Crippen LogP contribution in [0.1, 0.15) is 26.3 Å². The molecule has 7 aromatic rings. The molecule has 0 radical (unpaired) electrons. The summed E-state index contributed by atoms with van der Waals surface area (Å²) in [6, 6.07) is 48.2. The second-order valence-electron chi connectivity index (χ2n) is 13.0. The number of benzene rings is 6. The van der Waals surface area contributed by atoms with E-state index in [1.54, 1.807) is 0 Å². The van der Waals surface area contributed by atoms with Crippen molar-refractivity contribution in [3.63, 3.8) is 0 Å². The molecule has 0 spiro atoms. The zero-order valence-corrected chi connectivity index (χ0v) is 25.1. The number of hydrogen-bond acceptors (Lipinski definition) is 2. The quantitative estimate of drug-likeness (QED) is 0.198. The van der Waals surface area contributed by atoms with Crippen LogP contribution >= 0.6 is 0 Å². The van der Waals surface area contributed by atoms with Gasteiger partial charge < -0.3 is 14.1 Å². The van der Waals surface area contributed by atoms with Crippen molar-refractivity contribution in [2.45, 2.75) is 26.2 Å². The maximum absolute atomic E-state index is 6.32. The molecule has 0 aliphatic carbocycles. The van der Waals surface area contributed by atoms with Gasteiger partial charge in [-0.1, -0.05) is 99.6 Å². The number of nitrogens with zero attached hydrogens (tertiary/aromatic N) is 2. The SMILES string of the molecule is CC(C)(C)c1ccc2c(c1)N(c1ccccc1)c1cccc3c1B2n1c2ccc(Oc4ccccc4)cc2c2cccc-3c21. The Balaban J connectivity index is 1.35. The summed E-state index contributed by atoms with van der Waals surface area (Å²) in [5.74, 6) is 1.69. The van der Waals surface area contributed by atoms with Crippen molar-refractivity contribution in [3.05, 3.63) is 139 Å². The molecular formula is C40H31BN2O. The summed E-state index contributed by atoms with van der Waals surface area (Å²) in [6.07, 6.45) is 0. The molecule has 1 aromatic heterocycles. The first kappa shape index (κ1) is 25.3. The van der Waals surface area contributed by atoms with Gasteiger partial charge in [0, 0.05) is 44.4 Å². The second-order valence-corrected chi connectivity index (χ2v) is 13.0. The Morgan fingerprint density at radius 1 is 0.591 bits per heavy atom. The number of anilines is 3. The monoisotopic (exact) mass is 566 g/mol. The summed E-state index contributed by atoms with van der Waals surface area (Å²) >= 11 is 0. The van der Waals surface area contributed by atoms with E-state index < -0.39 is 0 Å². The first-order valence-electron chi connectivity index (χ1n) is 15.4. The van der Waals surface area contributed by atoms with Crippen LogP contribution in [0.5, 0.6) is 11.5 Å². The Morgan fingerprint density at radius 2 is 1.34 bits per heavy atom. The van der Waals surface area contributed by atoms with Crippen molar-refractivity contribution >= 4 is 56.6 Å². The summed E-state index contributed by atoms with van der Waals surface area (Å²) in [5.41, 5.74) is 12.8. The molecule has 0 fully saturated rings. The van der Waals surface area contributed by atoms with Crippen LogP contribution in [0.2, 0.25) is 0 Å². The molecule has 2 aliphatic rings. The van der Waals surface area contributed by atoms with Gasteiger partial charge in [0.05, 0.1) is 0 Å². The van der Waals surface area contributed by atoms with Crippen LogP contribution in [0.3, 0.4) is 0 Å². The van der Waals surface area contributed by atoms with Gasteiger partial charge in [0.25, 0.3) is 0 Å². The minimum absolute atomic E-state index is 0.0290. The van der Waals surface area contributed by atoms with Gasteiger partial charge in [0.15, 0.2) is 0 Å². The number of hydrogen-bond donors (Lipinski definition) is 0. The molecule has 0 bridgehead atoms. The largest absolute Gasteiger partial charge is 0.457 e. The topological polar surface area (TPSA) is 17.4 Å². The van der Waals surface area contributed by atoms with E-state index in [1.165, 1.54) is 66.5 Å². The van der Waals surface area contributed by atoms with Gasteiger partial charge in [-0.3, -0.25) is 0 Å². The summed E-state index contributed by atoms with van der Waals surface area (Å²) in [6.45, 7) is 6.93. The van der Waals surface area contributed by atoms with Crippen molar-refractivity contribution in [1.82, 2.24) is 4.48 Å². The summed E-state index contributed by atoms with van der Waals surface area (Å²) in [5, 5.41) is 2.47. The molecule has 0 unspecified atom stereocenters. The predicted octanol–water partition coefficient (Wildman–Crippen LogP) is 9.30.